The molecule has 1 heterocycles. The van der Waals surface area contributed by atoms with Crippen LogP contribution < -0.4 is 10.6 Å². The van der Waals surface area contributed by atoms with Crippen molar-refractivity contribution in [3.63, 3.8) is 0 Å². The number of aromatic nitrogens is 1. The van der Waals surface area contributed by atoms with Gasteiger partial charge in [0, 0.05) is 23.9 Å². The summed E-state index contributed by atoms with van der Waals surface area (Å²) in [6.07, 6.45) is -0.142. The maximum Gasteiger partial charge on any atom is 0.305 e. The minimum Gasteiger partial charge on any atom is -0.481 e. The molecule has 23 heavy (non-hydrogen) atoms. The normalized spacial score (nSPS) is 10.1. The van der Waals surface area contributed by atoms with Gasteiger partial charge in [0.05, 0.1) is 12.1 Å². The Morgan fingerprint density at radius 3 is 2.43 bits per heavy atom. The van der Waals surface area contributed by atoms with E-state index in [0.29, 0.717) is 16.9 Å². The first-order chi connectivity index (χ1) is 11.0. The van der Waals surface area contributed by atoms with Crippen LogP contribution in [-0.4, -0.2) is 34.6 Å². The third-order valence-corrected chi connectivity index (χ3v) is 2.88. The van der Waals surface area contributed by atoms with Crippen molar-refractivity contribution in [3.8, 4) is 0 Å². The predicted octanol–water partition coefficient (Wildman–Crippen LogP) is 1.44. The van der Waals surface area contributed by atoms with Gasteiger partial charge in [-0.3, -0.25) is 14.4 Å². The number of aryl methyl sites for hydroxylation is 1. The molecule has 0 radical (unpaired) electrons. The molecule has 0 saturated carbocycles. The van der Waals surface area contributed by atoms with Crippen molar-refractivity contribution in [2.24, 2.45) is 0 Å². The molecule has 0 saturated heterocycles. The first-order valence-electron chi connectivity index (χ1n) is 6.80. The van der Waals surface area contributed by atoms with Gasteiger partial charge in [0.25, 0.3) is 11.8 Å². The van der Waals surface area contributed by atoms with Gasteiger partial charge in [-0.25, -0.2) is 0 Å². The van der Waals surface area contributed by atoms with E-state index < -0.39 is 11.9 Å². The Bertz CT molecular complexity index is 721. The van der Waals surface area contributed by atoms with Crippen molar-refractivity contribution >= 4 is 23.5 Å². The zero-order chi connectivity index (χ0) is 16.8. The van der Waals surface area contributed by atoms with Crippen LogP contribution in [-0.2, 0) is 4.79 Å². The largest absolute Gasteiger partial charge is 0.481 e. The number of carboxylic acids is 1. The highest BCUT2D eigenvalue weighted by Gasteiger charge is 2.12. The lowest BCUT2D eigenvalue weighted by Gasteiger charge is -2.06. The van der Waals surface area contributed by atoms with Gasteiger partial charge in [-0.15, -0.1) is 0 Å². The van der Waals surface area contributed by atoms with Crippen LogP contribution in [0.25, 0.3) is 0 Å². The number of anilines is 1. The van der Waals surface area contributed by atoms with Crippen LogP contribution >= 0.6 is 0 Å². The quantitative estimate of drug-likeness (QED) is 0.741. The third-order valence-electron chi connectivity index (χ3n) is 2.88. The number of carbonyl (C=O) groups is 3. The summed E-state index contributed by atoms with van der Waals surface area (Å²) < 4.78 is 4.85. The minimum absolute atomic E-state index is 0.0531. The Morgan fingerprint density at radius 2 is 1.87 bits per heavy atom. The second-order valence-electron chi connectivity index (χ2n) is 4.76. The minimum atomic E-state index is -0.981. The van der Waals surface area contributed by atoms with Crippen LogP contribution in [0.1, 0.15) is 33.0 Å². The van der Waals surface area contributed by atoms with Crippen LogP contribution in [0.4, 0.5) is 5.69 Å². The summed E-state index contributed by atoms with van der Waals surface area (Å²) in [6.45, 7) is 1.76. The van der Waals surface area contributed by atoms with E-state index in [1.54, 1.807) is 19.1 Å². The second-order valence-corrected chi connectivity index (χ2v) is 4.76. The van der Waals surface area contributed by atoms with E-state index in [9.17, 15) is 14.4 Å². The number of nitrogens with zero attached hydrogens (tertiary/aromatic N) is 1. The molecule has 2 amide bonds. The number of hydrogen-bond acceptors (Lipinski definition) is 5. The van der Waals surface area contributed by atoms with E-state index in [0.717, 1.165) is 0 Å². The van der Waals surface area contributed by atoms with Crippen molar-refractivity contribution < 1.29 is 24.0 Å². The monoisotopic (exact) mass is 317 g/mol. The summed E-state index contributed by atoms with van der Waals surface area (Å²) in [7, 11) is 0. The van der Waals surface area contributed by atoms with Crippen LogP contribution in [0.15, 0.2) is 34.9 Å². The molecule has 0 fully saturated rings. The van der Waals surface area contributed by atoms with E-state index in [4.69, 9.17) is 9.63 Å². The van der Waals surface area contributed by atoms with Gasteiger partial charge in [-0.1, -0.05) is 5.16 Å². The SMILES string of the molecule is Cc1cc(C(=O)Nc2ccc(C(=O)NCCC(=O)O)cc2)on1. The number of carboxylic acid groups (broad SMARTS) is 1. The second kappa shape index (κ2) is 7.21. The predicted molar refractivity (Wildman–Crippen MR) is 80.2 cm³/mol. The first-order valence-corrected chi connectivity index (χ1v) is 6.80. The molecule has 2 rings (SSSR count). The Kier molecular flexibility index (Phi) is 5.08. The standard InChI is InChI=1S/C15H15N3O5/c1-9-8-12(23-18-9)15(22)17-11-4-2-10(3-5-11)14(21)16-7-6-13(19)20/h2-5,8H,6-7H2,1H3,(H,16,21)(H,17,22)(H,19,20). The van der Waals surface area contributed by atoms with Crippen molar-refractivity contribution in [2.45, 2.75) is 13.3 Å². The van der Waals surface area contributed by atoms with Crippen LogP contribution in [0, 0.1) is 6.92 Å². The first kappa shape index (κ1) is 16.2. The van der Waals surface area contributed by atoms with Crippen LogP contribution in [0.2, 0.25) is 0 Å². The number of aliphatic carboxylic acids is 1. The Balaban J connectivity index is 1.92. The molecule has 8 nitrogen and oxygen atoms in total. The molecule has 0 aliphatic heterocycles. The van der Waals surface area contributed by atoms with Crippen LogP contribution in [0.3, 0.4) is 0 Å². The molecule has 0 spiro atoms. The van der Waals surface area contributed by atoms with E-state index in [-0.39, 0.29) is 24.6 Å². The highest BCUT2D eigenvalue weighted by molar-refractivity contribution is 6.02. The Morgan fingerprint density at radius 1 is 1.17 bits per heavy atom. The van der Waals surface area contributed by atoms with E-state index in [1.165, 1.54) is 18.2 Å². The Labute approximate surface area is 131 Å². The van der Waals surface area contributed by atoms with Gasteiger partial charge in [0.1, 0.15) is 0 Å². The summed E-state index contributed by atoms with van der Waals surface area (Å²) in [5.74, 6) is -1.71. The lowest BCUT2D eigenvalue weighted by molar-refractivity contribution is -0.136. The zero-order valence-corrected chi connectivity index (χ0v) is 12.3. The van der Waals surface area contributed by atoms with Crippen LogP contribution in [0.5, 0.6) is 0 Å². The lowest BCUT2D eigenvalue weighted by Crippen LogP contribution is -2.25. The molecule has 0 bridgehead atoms. The van der Waals surface area contributed by atoms with E-state index >= 15 is 0 Å². The summed E-state index contributed by atoms with van der Waals surface area (Å²) in [6, 6.07) is 7.69. The van der Waals surface area contributed by atoms with Gasteiger partial charge in [-0.05, 0) is 31.2 Å². The molecular formula is C15H15N3O5. The fraction of sp³-hybridized carbons (Fsp3) is 0.200. The van der Waals surface area contributed by atoms with Crippen molar-refractivity contribution in [2.75, 3.05) is 11.9 Å². The van der Waals surface area contributed by atoms with Crippen molar-refractivity contribution in [1.82, 2.24) is 10.5 Å². The molecule has 120 valence electrons. The zero-order valence-electron chi connectivity index (χ0n) is 12.3. The maximum atomic E-state index is 11.9. The van der Waals surface area contributed by atoms with Gasteiger partial charge in [-0.2, -0.15) is 0 Å². The molecule has 1 aromatic carbocycles. The molecule has 2 aromatic rings. The lowest BCUT2D eigenvalue weighted by atomic mass is 10.2. The molecule has 1 aromatic heterocycles. The molecule has 0 aliphatic carbocycles. The average Bonchev–Trinajstić information content (AvgIpc) is 2.94. The van der Waals surface area contributed by atoms with Gasteiger partial charge >= 0.3 is 5.97 Å². The molecule has 0 atom stereocenters. The van der Waals surface area contributed by atoms with Crippen molar-refractivity contribution in [3.05, 3.63) is 47.3 Å². The summed E-state index contributed by atoms with van der Waals surface area (Å²) in [4.78, 5) is 34.0. The number of hydrogen-bond donors (Lipinski definition) is 3. The highest BCUT2D eigenvalue weighted by atomic mass is 16.5. The van der Waals surface area contributed by atoms with Gasteiger partial charge in [0.2, 0.25) is 5.76 Å². The van der Waals surface area contributed by atoms with E-state index in [1.807, 2.05) is 0 Å². The molecule has 0 aliphatic rings. The summed E-state index contributed by atoms with van der Waals surface area (Å²) in [5, 5.41) is 17.2. The number of nitrogens with one attached hydrogen (secondary N) is 2. The number of carbonyl (C=O) groups excluding carboxylic acids is 2. The molecule has 0 unspecified atom stereocenters. The third kappa shape index (κ3) is 4.67. The fourth-order valence-electron chi connectivity index (χ4n) is 1.75. The van der Waals surface area contributed by atoms with Gasteiger partial charge < -0.3 is 20.3 Å². The summed E-state index contributed by atoms with van der Waals surface area (Å²) in [5.41, 5.74) is 1.46. The number of amides is 2. The molecule has 3 N–H and O–H groups in total. The highest BCUT2D eigenvalue weighted by Crippen LogP contribution is 2.12. The van der Waals surface area contributed by atoms with Crippen molar-refractivity contribution in [1.29, 1.82) is 0 Å². The molecule has 8 heteroatoms. The smallest absolute Gasteiger partial charge is 0.305 e. The Hall–Kier alpha value is -3.16. The fourth-order valence-corrected chi connectivity index (χ4v) is 1.75. The average molecular weight is 317 g/mol. The molecular weight excluding hydrogens is 302 g/mol. The summed E-state index contributed by atoms with van der Waals surface area (Å²) >= 11 is 0. The number of rotatable bonds is 6. The van der Waals surface area contributed by atoms with E-state index in [2.05, 4.69) is 15.8 Å². The van der Waals surface area contributed by atoms with Gasteiger partial charge in [0.15, 0.2) is 0 Å². The number of benzene rings is 1. The maximum absolute atomic E-state index is 11.9. The topological polar surface area (TPSA) is 122 Å².